The van der Waals surface area contributed by atoms with Crippen molar-refractivity contribution in [3.05, 3.63) is 40.8 Å². The van der Waals surface area contributed by atoms with Crippen LogP contribution in [0.1, 0.15) is 43.4 Å². The number of nitrogens with one attached hydrogen (secondary N) is 2. The normalized spacial score (nSPS) is 23.9. The van der Waals surface area contributed by atoms with Gasteiger partial charge in [0.2, 0.25) is 17.8 Å². The summed E-state index contributed by atoms with van der Waals surface area (Å²) in [5, 5.41) is 8.33. The Kier molecular flexibility index (Phi) is 6.62. The van der Waals surface area contributed by atoms with Crippen molar-refractivity contribution in [2.24, 2.45) is 5.92 Å². The van der Waals surface area contributed by atoms with Crippen LogP contribution in [0.25, 0.3) is 0 Å². The molecule has 2 saturated heterocycles. The molecule has 2 aliphatic rings. The zero-order valence-electron chi connectivity index (χ0n) is 17.2. The summed E-state index contributed by atoms with van der Waals surface area (Å²) in [5.74, 6) is 1.32. The summed E-state index contributed by atoms with van der Waals surface area (Å²) in [7, 11) is 0. The van der Waals surface area contributed by atoms with Crippen LogP contribution >= 0.6 is 11.3 Å². The molecule has 0 aromatic carbocycles. The van der Waals surface area contributed by atoms with Crippen molar-refractivity contribution in [2.75, 3.05) is 24.5 Å². The summed E-state index contributed by atoms with van der Waals surface area (Å²) in [4.78, 5) is 36.6. The molecular weight excluding hydrogens is 398 g/mol. The van der Waals surface area contributed by atoms with Crippen molar-refractivity contribution < 1.29 is 9.59 Å². The molecule has 0 spiro atoms. The van der Waals surface area contributed by atoms with Gasteiger partial charge in [-0.25, -0.2) is 9.97 Å². The lowest BCUT2D eigenvalue weighted by atomic mass is 9.87. The summed E-state index contributed by atoms with van der Waals surface area (Å²) in [6.07, 6.45) is 8.97. The summed E-state index contributed by atoms with van der Waals surface area (Å²) >= 11 is 1.70. The van der Waals surface area contributed by atoms with Gasteiger partial charge in [0.15, 0.2) is 0 Å². The van der Waals surface area contributed by atoms with E-state index in [1.807, 2.05) is 12.1 Å². The van der Waals surface area contributed by atoms with E-state index in [1.54, 1.807) is 23.7 Å². The number of amides is 2. The van der Waals surface area contributed by atoms with E-state index in [9.17, 15) is 9.59 Å². The SMILES string of the molecule is O=C(CCC1(Cc2cccs2)CCC(=O)N1)NCC1CCCN(c2ncccn2)C1. The minimum Gasteiger partial charge on any atom is -0.356 e. The number of anilines is 1. The van der Waals surface area contributed by atoms with E-state index < -0.39 is 0 Å². The molecule has 4 heterocycles. The number of rotatable bonds is 8. The molecule has 7 nitrogen and oxygen atoms in total. The summed E-state index contributed by atoms with van der Waals surface area (Å²) in [5.41, 5.74) is -0.286. The lowest BCUT2D eigenvalue weighted by Crippen LogP contribution is -2.45. The second-order valence-electron chi connectivity index (χ2n) is 8.39. The first-order chi connectivity index (χ1) is 14.6. The fourth-order valence-corrected chi connectivity index (χ4v) is 5.34. The van der Waals surface area contributed by atoms with Gasteiger partial charge in [0.1, 0.15) is 0 Å². The molecule has 2 aliphatic heterocycles. The third-order valence-corrected chi connectivity index (χ3v) is 6.98. The van der Waals surface area contributed by atoms with Gasteiger partial charge in [-0.1, -0.05) is 6.07 Å². The van der Waals surface area contributed by atoms with Crippen molar-refractivity contribution in [3.8, 4) is 0 Å². The fraction of sp³-hybridized carbons (Fsp3) is 0.545. The molecule has 2 atom stereocenters. The monoisotopic (exact) mass is 427 g/mol. The van der Waals surface area contributed by atoms with E-state index in [0.29, 0.717) is 31.7 Å². The highest BCUT2D eigenvalue weighted by molar-refractivity contribution is 7.09. The first kappa shape index (κ1) is 20.8. The number of hydrogen-bond donors (Lipinski definition) is 2. The average Bonchev–Trinajstić information content (AvgIpc) is 3.42. The smallest absolute Gasteiger partial charge is 0.225 e. The highest BCUT2D eigenvalue weighted by atomic mass is 32.1. The highest BCUT2D eigenvalue weighted by Gasteiger charge is 2.38. The Bertz CT molecular complexity index is 844. The molecule has 4 rings (SSSR count). The number of aromatic nitrogens is 2. The van der Waals surface area contributed by atoms with Gasteiger partial charge in [-0.3, -0.25) is 9.59 Å². The minimum atomic E-state index is -0.286. The molecule has 0 saturated carbocycles. The van der Waals surface area contributed by atoms with Crippen LogP contribution in [0.3, 0.4) is 0 Å². The molecule has 2 aromatic rings. The predicted molar refractivity (Wildman–Crippen MR) is 117 cm³/mol. The first-order valence-corrected chi connectivity index (χ1v) is 11.6. The van der Waals surface area contributed by atoms with Crippen LogP contribution < -0.4 is 15.5 Å². The average molecular weight is 428 g/mol. The van der Waals surface area contributed by atoms with Crippen LogP contribution in [0, 0.1) is 5.92 Å². The van der Waals surface area contributed by atoms with E-state index in [4.69, 9.17) is 0 Å². The highest BCUT2D eigenvalue weighted by Crippen LogP contribution is 2.31. The van der Waals surface area contributed by atoms with Gasteiger partial charge in [-0.2, -0.15) is 0 Å². The van der Waals surface area contributed by atoms with Gasteiger partial charge >= 0.3 is 0 Å². The first-order valence-electron chi connectivity index (χ1n) is 10.7. The molecule has 160 valence electrons. The maximum absolute atomic E-state index is 12.6. The summed E-state index contributed by atoms with van der Waals surface area (Å²) in [6.45, 7) is 2.49. The van der Waals surface area contributed by atoms with E-state index in [0.717, 1.165) is 44.7 Å². The Morgan fingerprint density at radius 3 is 2.93 bits per heavy atom. The van der Waals surface area contributed by atoms with Crippen molar-refractivity contribution in [2.45, 2.75) is 50.5 Å². The van der Waals surface area contributed by atoms with Crippen LogP contribution in [-0.2, 0) is 16.0 Å². The topological polar surface area (TPSA) is 87.2 Å². The minimum absolute atomic E-state index is 0.0646. The molecule has 0 bridgehead atoms. The number of carbonyl (C=O) groups is 2. The molecule has 8 heteroatoms. The lowest BCUT2D eigenvalue weighted by molar-refractivity contribution is -0.123. The number of carbonyl (C=O) groups excluding carboxylic acids is 2. The van der Waals surface area contributed by atoms with Crippen molar-refractivity contribution in [3.63, 3.8) is 0 Å². The summed E-state index contributed by atoms with van der Waals surface area (Å²) in [6, 6.07) is 5.95. The Balaban J connectivity index is 1.25. The third kappa shape index (κ3) is 5.36. The van der Waals surface area contributed by atoms with E-state index in [-0.39, 0.29) is 17.4 Å². The third-order valence-electron chi connectivity index (χ3n) is 6.10. The van der Waals surface area contributed by atoms with E-state index >= 15 is 0 Å². The van der Waals surface area contributed by atoms with Gasteiger partial charge in [0, 0.05) is 61.7 Å². The second-order valence-corrected chi connectivity index (χ2v) is 9.42. The quantitative estimate of drug-likeness (QED) is 0.676. The van der Waals surface area contributed by atoms with Gasteiger partial charge < -0.3 is 15.5 Å². The maximum atomic E-state index is 12.6. The van der Waals surface area contributed by atoms with Crippen LogP contribution in [0.15, 0.2) is 36.0 Å². The Morgan fingerprint density at radius 2 is 2.20 bits per heavy atom. The standard InChI is InChI=1S/C22H29N5O2S/c28-19(6-8-22(9-7-20(29)26-22)14-18-5-2-13-30-18)25-15-17-4-1-12-27(16-17)21-23-10-3-11-24-21/h2-3,5,10-11,13,17H,1,4,6-9,12,14-16H2,(H,25,28)(H,26,29). The molecular formula is C22H29N5O2S. The molecule has 2 N–H and O–H groups in total. The van der Waals surface area contributed by atoms with E-state index in [2.05, 4.69) is 36.9 Å². The van der Waals surface area contributed by atoms with Crippen molar-refractivity contribution in [1.29, 1.82) is 0 Å². The summed E-state index contributed by atoms with van der Waals surface area (Å²) < 4.78 is 0. The number of piperidine rings is 1. The molecule has 2 fully saturated rings. The molecule has 2 amide bonds. The molecule has 30 heavy (non-hydrogen) atoms. The zero-order valence-corrected chi connectivity index (χ0v) is 18.0. The predicted octanol–water partition coefficient (Wildman–Crippen LogP) is 2.54. The zero-order chi connectivity index (χ0) is 20.8. The molecule has 2 aromatic heterocycles. The largest absolute Gasteiger partial charge is 0.356 e. The maximum Gasteiger partial charge on any atom is 0.225 e. The van der Waals surface area contributed by atoms with Gasteiger partial charge in [-0.05, 0) is 49.1 Å². The Hall–Kier alpha value is -2.48. The van der Waals surface area contributed by atoms with Gasteiger partial charge in [0.05, 0.1) is 0 Å². The van der Waals surface area contributed by atoms with Crippen LogP contribution in [0.4, 0.5) is 5.95 Å². The molecule has 0 aliphatic carbocycles. The van der Waals surface area contributed by atoms with Gasteiger partial charge in [-0.15, -0.1) is 11.3 Å². The van der Waals surface area contributed by atoms with Crippen LogP contribution in [-0.4, -0.2) is 47.0 Å². The molecule has 2 unspecified atom stereocenters. The number of hydrogen-bond acceptors (Lipinski definition) is 6. The Morgan fingerprint density at radius 1 is 1.33 bits per heavy atom. The van der Waals surface area contributed by atoms with Crippen molar-refractivity contribution >= 4 is 29.1 Å². The van der Waals surface area contributed by atoms with Crippen LogP contribution in [0.2, 0.25) is 0 Å². The number of nitrogens with zero attached hydrogens (tertiary/aromatic N) is 3. The van der Waals surface area contributed by atoms with Gasteiger partial charge in [0.25, 0.3) is 0 Å². The fourth-order valence-electron chi connectivity index (χ4n) is 4.50. The van der Waals surface area contributed by atoms with Crippen LogP contribution in [0.5, 0.6) is 0 Å². The lowest BCUT2D eigenvalue weighted by Gasteiger charge is -2.33. The van der Waals surface area contributed by atoms with E-state index in [1.165, 1.54) is 4.88 Å². The molecule has 0 radical (unpaired) electrons. The second kappa shape index (κ2) is 9.55. The Labute approximate surface area is 181 Å². The number of thiophene rings is 1. The van der Waals surface area contributed by atoms with Crippen molar-refractivity contribution in [1.82, 2.24) is 20.6 Å².